The van der Waals surface area contributed by atoms with E-state index in [0.29, 0.717) is 23.7 Å². The molecule has 0 amide bonds. The third-order valence-corrected chi connectivity index (χ3v) is 3.11. The maximum atomic E-state index is 11.5. The molecule has 110 valence electrons. The second kappa shape index (κ2) is 6.17. The number of hydrogen-bond acceptors (Lipinski definition) is 6. The van der Waals surface area contributed by atoms with E-state index in [1.165, 1.54) is 7.11 Å². The lowest BCUT2D eigenvalue weighted by molar-refractivity contribution is 0.0600. The van der Waals surface area contributed by atoms with Gasteiger partial charge in [-0.2, -0.15) is 4.98 Å². The fourth-order valence-corrected chi connectivity index (χ4v) is 2.05. The van der Waals surface area contributed by atoms with E-state index in [2.05, 4.69) is 15.1 Å². The van der Waals surface area contributed by atoms with Crippen molar-refractivity contribution in [2.24, 2.45) is 0 Å². The van der Waals surface area contributed by atoms with E-state index in [0.717, 1.165) is 11.1 Å². The quantitative estimate of drug-likeness (QED) is 0.688. The van der Waals surface area contributed by atoms with Crippen LogP contribution >= 0.6 is 0 Å². The lowest BCUT2D eigenvalue weighted by atomic mass is 10.1. The summed E-state index contributed by atoms with van der Waals surface area (Å²) >= 11 is 0. The summed E-state index contributed by atoms with van der Waals surface area (Å²) in [5.41, 5.74) is 2.23. The largest absolute Gasteiger partial charge is 0.465 e. The van der Waals surface area contributed by atoms with E-state index in [1.807, 2.05) is 18.2 Å². The van der Waals surface area contributed by atoms with Gasteiger partial charge in [0.25, 0.3) is 0 Å². The highest BCUT2D eigenvalue weighted by Crippen LogP contribution is 2.16. The van der Waals surface area contributed by atoms with Crippen LogP contribution in [0.25, 0.3) is 11.4 Å². The summed E-state index contributed by atoms with van der Waals surface area (Å²) in [4.78, 5) is 19.8. The number of ether oxygens (including phenoxy) is 1. The Morgan fingerprint density at radius 2 is 2.05 bits per heavy atom. The summed E-state index contributed by atoms with van der Waals surface area (Å²) in [5.74, 6) is 0.625. The van der Waals surface area contributed by atoms with Crippen LogP contribution in [0.3, 0.4) is 0 Å². The van der Waals surface area contributed by atoms with E-state index in [-0.39, 0.29) is 5.97 Å². The van der Waals surface area contributed by atoms with E-state index in [1.54, 1.807) is 30.6 Å². The minimum absolute atomic E-state index is 0.371. The van der Waals surface area contributed by atoms with Crippen molar-refractivity contribution in [3.8, 4) is 11.4 Å². The van der Waals surface area contributed by atoms with Crippen LogP contribution in [0.1, 0.15) is 21.8 Å². The SMILES string of the molecule is COC(=O)c1cccc(Cc2nc(-c3ccncc3)no2)c1. The molecule has 0 fully saturated rings. The van der Waals surface area contributed by atoms with Gasteiger partial charge in [-0.05, 0) is 29.8 Å². The molecule has 0 radical (unpaired) electrons. The Labute approximate surface area is 126 Å². The number of rotatable bonds is 4. The first-order chi connectivity index (χ1) is 10.8. The predicted octanol–water partition coefficient (Wildman–Crippen LogP) is 2.51. The second-order valence-corrected chi connectivity index (χ2v) is 4.62. The number of esters is 1. The van der Waals surface area contributed by atoms with Crippen molar-refractivity contribution in [3.63, 3.8) is 0 Å². The summed E-state index contributed by atoms with van der Waals surface area (Å²) < 4.78 is 9.96. The number of benzene rings is 1. The van der Waals surface area contributed by atoms with Crippen LogP contribution in [0.4, 0.5) is 0 Å². The molecule has 0 saturated heterocycles. The van der Waals surface area contributed by atoms with Gasteiger partial charge < -0.3 is 9.26 Å². The summed E-state index contributed by atoms with van der Waals surface area (Å²) in [5, 5.41) is 3.95. The normalized spacial score (nSPS) is 10.4. The van der Waals surface area contributed by atoms with Gasteiger partial charge >= 0.3 is 5.97 Å². The number of pyridine rings is 1. The fraction of sp³-hybridized carbons (Fsp3) is 0.125. The third-order valence-electron chi connectivity index (χ3n) is 3.11. The molecule has 0 atom stereocenters. The Balaban J connectivity index is 1.80. The number of carbonyl (C=O) groups excluding carboxylic acids is 1. The maximum Gasteiger partial charge on any atom is 0.337 e. The molecule has 0 bridgehead atoms. The highest BCUT2D eigenvalue weighted by atomic mass is 16.5. The maximum absolute atomic E-state index is 11.5. The van der Waals surface area contributed by atoms with Crippen molar-refractivity contribution in [1.29, 1.82) is 0 Å². The molecule has 1 aromatic carbocycles. The third kappa shape index (κ3) is 3.01. The zero-order valence-corrected chi connectivity index (χ0v) is 11.9. The molecule has 6 heteroatoms. The summed E-state index contributed by atoms with van der Waals surface area (Å²) in [6.45, 7) is 0. The Hall–Kier alpha value is -3.02. The van der Waals surface area contributed by atoms with Crippen LogP contribution in [-0.2, 0) is 11.2 Å². The van der Waals surface area contributed by atoms with Gasteiger partial charge in [-0.3, -0.25) is 4.98 Å². The minimum Gasteiger partial charge on any atom is -0.465 e. The van der Waals surface area contributed by atoms with Crippen molar-refractivity contribution in [3.05, 3.63) is 65.8 Å². The minimum atomic E-state index is -0.371. The van der Waals surface area contributed by atoms with Gasteiger partial charge in [0.2, 0.25) is 11.7 Å². The number of aromatic nitrogens is 3. The van der Waals surface area contributed by atoms with Crippen LogP contribution in [-0.4, -0.2) is 28.2 Å². The molecule has 0 saturated carbocycles. The average molecular weight is 295 g/mol. The van der Waals surface area contributed by atoms with Crippen LogP contribution in [0, 0.1) is 0 Å². The topological polar surface area (TPSA) is 78.1 Å². The smallest absolute Gasteiger partial charge is 0.337 e. The van der Waals surface area contributed by atoms with Crippen molar-refractivity contribution < 1.29 is 14.1 Å². The molecule has 0 aliphatic carbocycles. The predicted molar refractivity (Wildman–Crippen MR) is 78.1 cm³/mol. The average Bonchev–Trinajstić information content (AvgIpc) is 3.03. The Morgan fingerprint density at radius 3 is 2.82 bits per heavy atom. The van der Waals surface area contributed by atoms with Gasteiger partial charge in [-0.15, -0.1) is 0 Å². The fourth-order valence-electron chi connectivity index (χ4n) is 2.05. The lowest BCUT2D eigenvalue weighted by Crippen LogP contribution is -2.01. The van der Waals surface area contributed by atoms with E-state index in [9.17, 15) is 4.79 Å². The molecule has 0 spiro atoms. The van der Waals surface area contributed by atoms with Crippen molar-refractivity contribution >= 4 is 5.97 Å². The molecular formula is C16H13N3O3. The zero-order chi connectivity index (χ0) is 15.4. The Kier molecular flexibility index (Phi) is 3.91. The lowest BCUT2D eigenvalue weighted by Gasteiger charge is -2.01. The van der Waals surface area contributed by atoms with E-state index in [4.69, 9.17) is 9.26 Å². The highest BCUT2D eigenvalue weighted by molar-refractivity contribution is 5.89. The van der Waals surface area contributed by atoms with Gasteiger partial charge in [0, 0.05) is 18.0 Å². The molecular weight excluding hydrogens is 282 g/mol. The molecule has 6 nitrogen and oxygen atoms in total. The molecule has 0 unspecified atom stereocenters. The van der Waals surface area contributed by atoms with Gasteiger partial charge in [0.15, 0.2) is 0 Å². The van der Waals surface area contributed by atoms with Gasteiger partial charge in [0.05, 0.1) is 19.1 Å². The van der Waals surface area contributed by atoms with Gasteiger partial charge in [0.1, 0.15) is 0 Å². The summed E-state index contributed by atoms with van der Waals surface area (Å²) in [6.07, 6.45) is 3.79. The molecule has 22 heavy (non-hydrogen) atoms. The van der Waals surface area contributed by atoms with Gasteiger partial charge in [-0.25, -0.2) is 4.79 Å². The molecule has 2 heterocycles. The monoisotopic (exact) mass is 295 g/mol. The van der Waals surface area contributed by atoms with Crippen molar-refractivity contribution in [2.75, 3.05) is 7.11 Å². The first-order valence-electron chi connectivity index (χ1n) is 6.66. The molecule has 3 aromatic rings. The molecule has 0 N–H and O–H groups in total. The molecule has 2 aromatic heterocycles. The number of nitrogens with zero attached hydrogens (tertiary/aromatic N) is 3. The van der Waals surface area contributed by atoms with Gasteiger partial charge in [-0.1, -0.05) is 17.3 Å². The summed E-state index contributed by atoms with van der Waals surface area (Å²) in [6, 6.07) is 10.8. The standard InChI is InChI=1S/C16H13N3O3/c1-21-16(20)13-4-2-3-11(9-13)10-14-18-15(19-22-14)12-5-7-17-8-6-12/h2-9H,10H2,1H3. The first kappa shape index (κ1) is 13.9. The molecule has 3 rings (SSSR count). The van der Waals surface area contributed by atoms with Crippen LogP contribution < -0.4 is 0 Å². The molecule has 0 aliphatic rings. The number of hydrogen-bond donors (Lipinski definition) is 0. The van der Waals surface area contributed by atoms with Crippen LogP contribution in [0.15, 0.2) is 53.3 Å². The van der Waals surface area contributed by atoms with E-state index >= 15 is 0 Å². The van der Waals surface area contributed by atoms with Crippen LogP contribution in [0.5, 0.6) is 0 Å². The second-order valence-electron chi connectivity index (χ2n) is 4.62. The molecule has 0 aliphatic heterocycles. The zero-order valence-electron chi connectivity index (χ0n) is 11.9. The highest BCUT2D eigenvalue weighted by Gasteiger charge is 2.11. The number of methoxy groups -OCH3 is 1. The Bertz CT molecular complexity index is 784. The van der Waals surface area contributed by atoms with E-state index < -0.39 is 0 Å². The first-order valence-corrected chi connectivity index (χ1v) is 6.66. The number of carbonyl (C=O) groups is 1. The Morgan fingerprint density at radius 1 is 1.23 bits per heavy atom. The van der Waals surface area contributed by atoms with Crippen molar-refractivity contribution in [2.45, 2.75) is 6.42 Å². The van der Waals surface area contributed by atoms with Crippen molar-refractivity contribution in [1.82, 2.24) is 15.1 Å². The summed E-state index contributed by atoms with van der Waals surface area (Å²) in [7, 11) is 1.36. The van der Waals surface area contributed by atoms with Crippen LogP contribution in [0.2, 0.25) is 0 Å².